The maximum atomic E-state index is 12.8. The Bertz CT molecular complexity index is 738. The van der Waals surface area contributed by atoms with Gasteiger partial charge in [-0.2, -0.15) is 0 Å². The minimum Gasteiger partial charge on any atom is -0.461 e. The van der Waals surface area contributed by atoms with Crippen LogP contribution in [0.25, 0.3) is 0 Å². The highest BCUT2D eigenvalue weighted by Gasteiger charge is 2.44. The molecule has 1 unspecified atom stereocenters. The van der Waals surface area contributed by atoms with E-state index < -0.39 is 28.2 Å². The van der Waals surface area contributed by atoms with Gasteiger partial charge in [0.05, 0.1) is 19.8 Å². The van der Waals surface area contributed by atoms with Crippen molar-refractivity contribution in [3.05, 3.63) is 21.9 Å². The molecule has 1 aliphatic heterocycles. The molecule has 132 valence electrons. The molecule has 1 aromatic rings. The van der Waals surface area contributed by atoms with Gasteiger partial charge in [0.1, 0.15) is 11.4 Å². The van der Waals surface area contributed by atoms with Crippen LogP contribution in [0.5, 0.6) is 5.75 Å². The van der Waals surface area contributed by atoms with Gasteiger partial charge in [0, 0.05) is 6.26 Å². The van der Waals surface area contributed by atoms with E-state index in [1.807, 2.05) is 0 Å². The van der Waals surface area contributed by atoms with Gasteiger partial charge < -0.3 is 13.7 Å². The van der Waals surface area contributed by atoms with E-state index in [0.29, 0.717) is 19.0 Å². The van der Waals surface area contributed by atoms with Crippen LogP contribution < -0.4 is 9.74 Å². The summed E-state index contributed by atoms with van der Waals surface area (Å²) in [6, 6.07) is 0. The summed E-state index contributed by atoms with van der Waals surface area (Å²) in [5.74, 6) is -0.654. The van der Waals surface area contributed by atoms with Gasteiger partial charge in [0.15, 0.2) is 5.69 Å². The predicted molar refractivity (Wildman–Crippen MR) is 85.2 cm³/mol. The molecule has 0 bridgehead atoms. The van der Waals surface area contributed by atoms with Gasteiger partial charge in [-0.05, 0) is 32.6 Å². The van der Waals surface area contributed by atoms with Crippen LogP contribution >= 0.6 is 0 Å². The lowest BCUT2D eigenvalue weighted by Gasteiger charge is -2.35. The van der Waals surface area contributed by atoms with Gasteiger partial charge >= 0.3 is 5.97 Å². The summed E-state index contributed by atoms with van der Waals surface area (Å²) in [6.45, 7) is 2.50. The molecule has 1 saturated carbocycles. The summed E-state index contributed by atoms with van der Waals surface area (Å²) in [5.41, 5.74) is -1.39. The van der Waals surface area contributed by atoms with Gasteiger partial charge in [-0.25, -0.2) is 14.0 Å². The molecule has 0 saturated heterocycles. The third kappa shape index (κ3) is 2.86. The average molecular weight is 356 g/mol. The fourth-order valence-electron chi connectivity index (χ4n) is 3.33. The number of aromatic nitrogens is 2. The molecule has 2 aliphatic rings. The van der Waals surface area contributed by atoms with Crippen LogP contribution in [0.2, 0.25) is 0 Å². The van der Waals surface area contributed by atoms with Gasteiger partial charge in [0.25, 0.3) is 5.56 Å². The summed E-state index contributed by atoms with van der Waals surface area (Å²) in [7, 11) is 0. The second-order valence-electron chi connectivity index (χ2n) is 5.82. The van der Waals surface area contributed by atoms with Crippen LogP contribution in [0.4, 0.5) is 0 Å². The molecule has 1 spiro atoms. The molecule has 8 nitrogen and oxygen atoms in total. The summed E-state index contributed by atoms with van der Waals surface area (Å²) >= 11 is -1.76. The zero-order valence-corrected chi connectivity index (χ0v) is 14.5. The van der Waals surface area contributed by atoms with Gasteiger partial charge in [-0.3, -0.25) is 9.36 Å². The third-order valence-corrected chi connectivity index (χ3v) is 4.71. The second kappa shape index (κ2) is 6.64. The first-order valence-electron chi connectivity index (χ1n) is 7.96. The van der Waals surface area contributed by atoms with Gasteiger partial charge in [0.2, 0.25) is 16.8 Å². The molecule has 2 heterocycles. The van der Waals surface area contributed by atoms with Gasteiger partial charge in [-0.1, -0.05) is 0 Å². The minimum atomic E-state index is -1.76. The number of rotatable bonds is 4. The highest BCUT2D eigenvalue weighted by Crippen LogP contribution is 2.43. The number of hydrogen-bond acceptors (Lipinski definition) is 7. The van der Waals surface area contributed by atoms with Crippen molar-refractivity contribution < 1.29 is 22.7 Å². The molecule has 0 radical (unpaired) electrons. The van der Waals surface area contributed by atoms with Crippen molar-refractivity contribution in [2.75, 3.05) is 19.5 Å². The number of nitrogens with zero attached hydrogens (tertiary/aromatic N) is 2. The Morgan fingerprint density at radius 3 is 2.75 bits per heavy atom. The molecule has 1 atom stereocenters. The molecular formula is C15H20N2O6S. The zero-order chi connectivity index (χ0) is 17.3. The van der Waals surface area contributed by atoms with Crippen molar-refractivity contribution in [1.29, 1.82) is 0 Å². The van der Waals surface area contributed by atoms with E-state index in [0.717, 1.165) is 25.7 Å². The highest BCUT2D eigenvalue weighted by molar-refractivity contribution is 7.79. The SMILES string of the molecule is CCOC(=O)c1nc2n(c(=O)c1OS(C)=O)CCOC21CCCC1. The monoisotopic (exact) mass is 356 g/mol. The van der Waals surface area contributed by atoms with Crippen molar-refractivity contribution >= 4 is 17.0 Å². The van der Waals surface area contributed by atoms with E-state index >= 15 is 0 Å². The molecule has 0 amide bonds. The topological polar surface area (TPSA) is 96.7 Å². The lowest BCUT2D eigenvalue weighted by Crippen LogP contribution is -2.44. The number of hydrogen-bond donors (Lipinski definition) is 0. The number of carbonyl (C=O) groups is 1. The maximum absolute atomic E-state index is 12.8. The Hall–Kier alpha value is -1.74. The van der Waals surface area contributed by atoms with Crippen molar-refractivity contribution in [2.45, 2.75) is 44.8 Å². The van der Waals surface area contributed by atoms with Crippen molar-refractivity contribution in [1.82, 2.24) is 9.55 Å². The third-order valence-electron chi connectivity index (χ3n) is 4.31. The smallest absolute Gasteiger partial charge is 0.361 e. The molecule has 1 aromatic heterocycles. The van der Waals surface area contributed by atoms with E-state index in [4.69, 9.17) is 13.7 Å². The molecule has 1 aliphatic carbocycles. The largest absolute Gasteiger partial charge is 0.461 e. The Labute approximate surface area is 141 Å². The fourth-order valence-corrected chi connectivity index (χ4v) is 3.72. The molecule has 1 fully saturated rings. The molecule has 0 aromatic carbocycles. The van der Waals surface area contributed by atoms with Crippen LogP contribution in [-0.2, 0) is 32.7 Å². The Morgan fingerprint density at radius 2 is 2.12 bits per heavy atom. The Kier molecular flexibility index (Phi) is 4.73. The maximum Gasteiger partial charge on any atom is 0.361 e. The summed E-state index contributed by atoms with van der Waals surface area (Å²) in [6.07, 6.45) is 4.73. The van der Waals surface area contributed by atoms with Crippen LogP contribution in [0.15, 0.2) is 4.79 Å². The van der Waals surface area contributed by atoms with Crippen molar-refractivity contribution in [3.8, 4) is 5.75 Å². The van der Waals surface area contributed by atoms with E-state index in [-0.39, 0.29) is 18.1 Å². The number of fused-ring (bicyclic) bond motifs is 2. The number of carbonyl (C=O) groups excluding carboxylic acids is 1. The standard InChI is InChI=1S/C15H20N2O6S/c1-3-21-13(19)10-11(23-24(2)20)12(18)17-8-9-22-15(14(17)16-10)6-4-5-7-15/h3-9H2,1-2H3. The molecule has 9 heteroatoms. The summed E-state index contributed by atoms with van der Waals surface area (Å²) < 4.78 is 28.9. The number of ether oxygens (including phenoxy) is 2. The lowest BCUT2D eigenvalue weighted by atomic mass is 9.99. The molecule has 0 N–H and O–H groups in total. The van der Waals surface area contributed by atoms with Crippen LogP contribution in [0.1, 0.15) is 48.9 Å². The molecule has 24 heavy (non-hydrogen) atoms. The highest BCUT2D eigenvalue weighted by atomic mass is 32.2. The number of esters is 1. The normalized spacial score (nSPS) is 19.8. The molecule has 3 rings (SSSR count). The molecular weight excluding hydrogens is 336 g/mol. The Morgan fingerprint density at radius 1 is 1.42 bits per heavy atom. The first-order chi connectivity index (χ1) is 11.5. The summed E-state index contributed by atoms with van der Waals surface area (Å²) in [4.78, 5) is 29.4. The van der Waals surface area contributed by atoms with Gasteiger partial charge in [-0.15, -0.1) is 0 Å². The summed E-state index contributed by atoms with van der Waals surface area (Å²) in [5, 5.41) is 0. The first kappa shape index (κ1) is 17.1. The van der Waals surface area contributed by atoms with Crippen molar-refractivity contribution in [3.63, 3.8) is 0 Å². The predicted octanol–water partition coefficient (Wildman–Crippen LogP) is 0.892. The first-order valence-corrected chi connectivity index (χ1v) is 9.45. The van der Waals surface area contributed by atoms with E-state index in [9.17, 15) is 13.8 Å². The van der Waals surface area contributed by atoms with Crippen LogP contribution in [-0.4, -0.2) is 39.2 Å². The second-order valence-corrected chi connectivity index (χ2v) is 6.79. The van der Waals surface area contributed by atoms with E-state index in [2.05, 4.69) is 4.98 Å². The van der Waals surface area contributed by atoms with Crippen LogP contribution in [0.3, 0.4) is 0 Å². The fraction of sp³-hybridized carbons (Fsp3) is 0.667. The van der Waals surface area contributed by atoms with Crippen molar-refractivity contribution in [2.24, 2.45) is 0 Å². The van der Waals surface area contributed by atoms with E-state index in [1.54, 1.807) is 6.92 Å². The average Bonchev–Trinajstić information content (AvgIpc) is 2.99. The lowest BCUT2D eigenvalue weighted by molar-refractivity contribution is -0.0789. The Balaban J connectivity index is 2.20. The van der Waals surface area contributed by atoms with Crippen LogP contribution in [0, 0.1) is 0 Å². The minimum absolute atomic E-state index is 0.134. The van der Waals surface area contributed by atoms with E-state index in [1.165, 1.54) is 10.8 Å². The quantitative estimate of drug-likeness (QED) is 0.739. The zero-order valence-electron chi connectivity index (χ0n) is 13.7.